The van der Waals surface area contributed by atoms with Crippen LogP contribution in [0.3, 0.4) is 0 Å². The van der Waals surface area contributed by atoms with Crippen molar-refractivity contribution in [2.45, 2.75) is 24.9 Å². The molecule has 9 heteroatoms. The van der Waals surface area contributed by atoms with E-state index in [1.807, 2.05) is 0 Å². The SMILES string of the molecule is CCOC(=O)c1ccc(N=Cc2ccc(CN(Cc3ccc(Cl)cc3)S(=O)(=O)c3ccccc3)o2)cc1. The quantitative estimate of drug-likeness (QED) is 0.176. The predicted octanol–water partition coefficient (Wildman–Crippen LogP) is 6.25. The van der Waals surface area contributed by atoms with E-state index in [2.05, 4.69) is 4.99 Å². The molecule has 0 fully saturated rings. The Bertz CT molecular complexity index is 1470. The number of aliphatic imine (C=N–C) groups is 1. The fourth-order valence-electron chi connectivity index (χ4n) is 3.52. The molecular weight excluding hydrogens is 512 g/mol. The van der Waals surface area contributed by atoms with Gasteiger partial charge in [-0.2, -0.15) is 4.31 Å². The van der Waals surface area contributed by atoms with E-state index in [1.54, 1.807) is 97.9 Å². The number of benzene rings is 3. The van der Waals surface area contributed by atoms with Crippen LogP contribution in [-0.2, 0) is 27.8 Å². The summed E-state index contributed by atoms with van der Waals surface area (Å²) in [5.74, 6) is 0.544. The molecular formula is C28H25ClN2O5S. The molecule has 0 bridgehead atoms. The first-order valence-corrected chi connectivity index (χ1v) is 13.4. The third-order valence-corrected chi connectivity index (χ3v) is 7.44. The van der Waals surface area contributed by atoms with Gasteiger partial charge in [-0.25, -0.2) is 13.2 Å². The molecule has 7 nitrogen and oxygen atoms in total. The molecule has 190 valence electrons. The smallest absolute Gasteiger partial charge is 0.338 e. The van der Waals surface area contributed by atoms with Gasteiger partial charge in [0.15, 0.2) is 0 Å². The summed E-state index contributed by atoms with van der Waals surface area (Å²) in [6, 6.07) is 25.5. The average Bonchev–Trinajstić information content (AvgIpc) is 3.36. The Morgan fingerprint density at radius 1 is 0.946 bits per heavy atom. The van der Waals surface area contributed by atoms with Gasteiger partial charge in [-0.05, 0) is 73.2 Å². The lowest BCUT2D eigenvalue weighted by molar-refractivity contribution is 0.0526. The van der Waals surface area contributed by atoms with Gasteiger partial charge in [-0.3, -0.25) is 4.99 Å². The van der Waals surface area contributed by atoms with E-state index in [0.29, 0.717) is 34.4 Å². The third kappa shape index (κ3) is 6.95. The zero-order valence-corrected chi connectivity index (χ0v) is 21.7. The van der Waals surface area contributed by atoms with Crippen molar-refractivity contribution in [3.8, 4) is 0 Å². The first-order valence-electron chi connectivity index (χ1n) is 11.5. The number of ether oxygens (including phenoxy) is 1. The monoisotopic (exact) mass is 536 g/mol. The largest absolute Gasteiger partial charge is 0.462 e. The second kappa shape index (κ2) is 12.0. The molecule has 1 heterocycles. The van der Waals surface area contributed by atoms with Crippen molar-refractivity contribution < 1.29 is 22.4 Å². The summed E-state index contributed by atoms with van der Waals surface area (Å²) in [4.78, 5) is 16.4. The van der Waals surface area contributed by atoms with Crippen LogP contribution in [0.2, 0.25) is 5.02 Å². The van der Waals surface area contributed by atoms with E-state index in [9.17, 15) is 13.2 Å². The Labute approximate surface area is 221 Å². The maximum Gasteiger partial charge on any atom is 0.338 e. The molecule has 37 heavy (non-hydrogen) atoms. The maximum absolute atomic E-state index is 13.4. The highest BCUT2D eigenvalue weighted by Crippen LogP contribution is 2.23. The van der Waals surface area contributed by atoms with Crippen LogP contribution < -0.4 is 0 Å². The van der Waals surface area contributed by atoms with Crippen molar-refractivity contribution in [3.63, 3.8) is 0 Å². The van der Waals surface area contributed by atoms with Crippen LogP contribution in [-0.4, -0.2) is 31.5 Å². The first-order chi connectivity index (χ1) is 17.8. The van der Waals surface area contributed by atoms with Crippen molar-refractivity contribution >= 4 is 39.5 Å². The van der Waals surface area contributed by atoms with Gasteiger partial charge in [0.05, 0.1) is 35.5 Å². The molecule has 0 saturated carbocycles. The normalized spacial score (nSPS) is 11.8. The highest BCUT2D eigenvalue weighted by molar-refractivity contribution is 7.89. The van der Waals surface area contributed by atoms with Crippen molar-refractivity contribution in [2.75, 3.05) is 6.61 Å². The van der Waals surface area contributed by atoms with E-state index >= 15 is 0 Å². The Morgan fingerprint density at radius 2 is 1.65 bits per heavy atom. The summed E-state index contributed by atoms with van der Waals surface area (Å²) in [6.07, 6.45) is 1.54. The number of sulfonamides is 1. The van der Waals surface area contributed by atoms with E-state index < -0.39 is 10.0 Å². The standard InChI is InChI=1S/C28H25ClN2O5S/c1-2-35-28(32)22-10-14-24(15-11-22)30-18-25-16-17-26(36-25)20-31(19-21-8-12-23(29)13-9-21)37(33,34)27-6-4-3-5-7-27/h3-18H,2,19-20H2,1H3. The topological polar surface area (TPSA) is 89.2 Å². The van der Waals surface area contributed by atoms with Crippen LogP contribution in [0.15, 0.2) is 105 Å². The number of carbonyl (C=O) groups is 1. The lowest BCUT2D eigenvalue weighted by atomic mass is 10.2. The van der Waals surface area contributed by atoms with Crippen molar-refractivity contribution in [1.82, 2.24) is 4.31 Å². The van der Waals surface area contributed by atoms with Crippen LogP contribution >= 0.6 is 11.6 Å². The molecule has 0 amide bonds. The van der Waals surface area contributed by atoms with Crippen molar-refractivity contribution in [1.29, 1.82) is 0 Å². The summed E-state index contributed by atoms with van der Waals surface area (Å²) in [5, 5.41) is 0.576. The minimum absolute atomic E-state index is 0.0297. The molecule has 1 aromatic heterocycles. The van der Waals surface area contributed by atoms with Gasteiger partial charge in [0.1, 0.15) is 11.5 Å². The lowest BCUT2D eigenvalue weighted by Gasteiger charge is -2.21. The molecule has 0 aliphatic rings. The Morgan fingerprint density at radius 3 is 2.32 bits per heavy atom. The van der Waals surface area contributed by atoms with Gasteiger partial charge in [0.2, 0.25) is 10.0 Å². The van der Waals surface area contributed by atoms with Crippen LogP contribution in [0.4, 0.5) is 5.69 Å². The second-order valence-electron chi connectivity index (χ2n) is 8.04. The highest BCUT2D eigenvalue weighted by atomic mass is 35.5. The van der Waals surface area contributed by atoms with Crippen LogP contribution in [0.1, 0.15) is 34.4 Å². The van der Waals surface area contributed by atoms with E-state index in [0.717, 1.165) is 5.56 Å². The predicted molar refractivity (Wildman–Crippen MR) is 143 cm³/mol. The molecule has 0 N–H and O–H groups in total. The Kier molecular flexibility index (Phi) is 8.55. The van der Waals surface area contributed by atoms with Crippen LogP contribution in [0.5, 0.6) is 0 Å². The Balaban J connectivity index is 1.51. The number of furan rings is 1. The zero-order valence-electron chi connectivity index (χ0n) is 20.1. The number of hydrogen-bond acceptors (Lipinski definition) is 6. The van der Waals surface area contributed by atoms with Gasteiger partial charge < -0.3 is 9.15 Å². The molecule has 4 aromatic rings. The summed E-state index contributed by atoms with van der Waals surface area (Å²) < 4.78 is 39.1. The minimum atomic E-state index is -3.80. The summed E-state index contributed by atoms with van der Waals surface area (Å²) in [7, 11) is -3.80. The van der Waals surface area contributed by atoms with Crippen molar-refractivity contribution in [2.24, 2.45) is 4.99 Å². The molecule has 3 aromatic carbocycles. The Hall–Kier alpha value is -3.72. The second-order valence-corrected chi connectivity index (χ2v) is 10.4. The highest BCUT2D eigenvalue weighted by Gasteiger charge is 2.26. The van der Waals surface area contributed by atoms with Gasteiger partial charge in [0.25, 0.3) is 0 Å². The molecule has 0 aliphatic carbocycles. The van der Waals surface area contributed by atoms with Gasteiger partial charge in [-0.1, -0.05) is 41.9 Å². The van der Waals surface area contributed by atoms with Crippen LogP contribution in [0.25, 0.3) is 0 Å². The third-order valence-electron chi connectivity index (χ3n) is 5.39. The molecule has 0 radical (unpaired) electrons. The number of esters is 1. The summed E-state index contributed by atoms with van der Waals surface area (Å²) in [5.41, 5.74) is 1.87. The maximum atomic E-state index is 13.4. The number of halogens is 1. The van der Waals surface area contributed by atoms with E-state index in [-0.39, 0.29) is 24.0 Å². The summed E-state index contributed by atoms with van der Waals surface area (Å²) >= 11 is 5.99. The summed E-state index contributed by atoms with van der Waals surface area (Å²) in [6.45, 7) is 2.23. The molecule has 0 saturated heterocycles. The fourth-order valence-corrected chi connectivity index (χ4v) is 5.06. The lowest BCUT2D eigenvalue weighted by Crippen LogP contribution is -2.30. The molecule has 4 rings (SSSR count). The van der Waals surface area contributed by atoms with E-state index in [4.69, 9.17) is 20.8 Å². The number of hydrogen-bond donors (Lipinski definition) is 0. The molecule has 0 unspecified atom stereocenters. The van der Waals surface area contributed by atoms with Crippen molar-refractivity contribution in [3.05, 3.63) is 119 Å². The number of rotatable bonds is 10. The van der Waals surface area contributed by atoms with Crippen LogP contribution in [0, 0.1) is 0 Å². The number of carbonyl (C=O) groups excluding carboxylic acids is 1. The fraction of sp³-hybridized carbons (Fsp3) is 0.143. The van der Waals surface area contributed by atoms with Gasteiger partial charge in [-0.15, -0.1) is 0 Å². The number of nitrogens with zero attached hydrogens (tertiary/aromatic N) is 2. The molecule has 0 aliphatic heterocycles. The first kappa shape index (κ1) is 26.3. The van der Waals surface area contributed by atoms with Gasteiger partial charge >= 0.3 is 5.97 Å². The molecule has 0 atom stereocenters. The zero-order chi connectivity index (χ0) is 26.3. The van der Waals surface area contributed by atoms with E-state index in [1.165, 1.54) is 10.5 Å². The van der Waals surface area contributed by atoms with Gasteiger partial charge in [0, 0.05) is 11.6 Å². The molecule has 0 spiro atoms. The minimum Gasteiger partial charge on any atom is -0.462 e. The average molecular weight is 537 g/mol.